The fourth-order valence-corrected chi connectivity index (χ4v) is 3.45. The van der Waals surface area contributed by atoms with Gasteiger partial charge in [0.1, 0.15) is 0 Å². The number of nitrogens with one attached hydrogen (secondary N) is 2. The molecule has 2 N–H and O–H groups in total. The van der Waals surface area contributed by atoms with Gasteiger partial charge in [-0.25, -0.2) is 0 Å². The normalized spacial score (nSPS) is 21.7. The molecule has 0 spiro atoms. The minimum absolute atomic E-state index is 0.0486. The van der Waals surface area contributed by atoms with Crippen LogP contribution in [0.2, 0.25) is 0 Å². The molecule has 0 bridgehead atoms. The Morgan fingerprint density at radius 1 is 1.00 bits per heavy atom. The Labute approximate surface area is 150 Å². The molecular formula is C19H30N4O2. The van der Waals surface area contributed by atoms with E-state index in [-0.39, 0.29) is 23.9 Å². The van der Waals surface area contributed by atoms with Gasteiger partial charge in [0, 0.05) is 38.3 Å². The predicted molar refractivity (Wildman–Crippen MR) is 99.2 cm³/mol. The third-order valence-electron chi connectivity index (χ3n) is 4.55. The Kier molecular flexibility index (Phi) is 7.40. The number of nitrogens with zero attached hydrogens (tertiary/aromatic N) is 2. The number of rotatable bonds is 7. The van der Waals surface area contributed by atoms with Crippen LogP contribution >= 0.6 is 0 Å². The molecule has 25 heavy (non-hydrogen) atoms. The van der Waals surface area contributed by atoms with E-state index >= 15 is 0 Å². The van der Waals surface area contributed by atoms with E-state index < -0.39 is 0 Å². The first kappa shape index (κ1) is 19.4. The van der Waals surface area contributed by atoms with Crippen molar-refractivity contribution >= 4 is 11.8 Å². The fourth-order valence-electron chi connectivity index (χ4n) is 3.45. The zero-order valence-electron chi connectivity index (χ0n) is 15.5. The highest BCUT2D eigenvalue weighted by Crippen LogP contribution is 2.28. The minimum Gasteiger partial charge on any atom is -0.355 e. The summed E-state index contributed by atoms with van der Waals surface area (Å²) in [5, 5.41) is 5.75. The molecule has 1 heterocycles. The third kappa shape index (κ3) is 5.54. The molecular weight excluding hydrogens is 316 g/mol. The van der Waals surface area contributed by atoms with E-state index in [4.69, 9.17) is 0 Å². The number of hydrogen-bond acceptors (Lipinski definition) is 4. The van der Waals surface area contributed by atoms with Crippen LogP contribution in [0.1, 0.15) is 32.4 Å². The second-order valence-electron chi connectivity index (χ2n) is 6.55. The molecule has 1 aliphatic heterocycles. The van der Waals surface area contributed by atoms with E-state index in [2.05, 4.69) is 39.5 Å². The summed E-state index contributed by atoms with van der Waals surface area (Å²) in [6.45, 7) is 9.57. The van der Waals surface area contributed by atoms with Gasteiger partial charge >= 0.3 is 0 Å². The van der Waals surface area contributed by atoms with E-state index in [0.29, 0.717) is 26.2 Å². The fraction of sp³-hybridized carbons (Fsp3) is 0.579. The van der Waals surface area contributed by atoms with Crippen molar-refractivity contribution in [2.45, 2.75) is 32.9 Å². The van der Waals surface area contributed by atoms with Crippen LogP contribution in [-0.2, 0) is 9.59 Å². The summed E-state index contributed by atoms with van der Waals surface area (Å²) in [5.41, 5.74) is 1.18. The molecule has 2 atom stereocenters. The van der Waals surface area contributed by atoms with Gasteiger partial charge in [0.05, 0.1) is 13.1 Å². The molecule has 6 heteroatoms. The van der Waals surface area contributed by atoms with Crippen LogP contribution in [0.5, 0.6) is 0 Å². The molecule has 6 nitrogen and oxygen atoms in total. The standard InChI is InChI=1S/C19H30N4O2/c1-4-20-18(24)13-22-11-15(3)23(14-19(25)21-5-2)17(12-22)16-9-7-6-8-10-16/h6-10,15,17H,4-5,11-14H2,1-3H3,(H,20,24)(H,21,25)/t15-,17-/m1/s1. The molecule has 1 saturated heterocycles. The Morgan fingerprint density at radius 3 is 2.20 bits per heavy atom. The van der Waals surface area contributed by atoms with Crippen LogP contribution < -0.4 is 10.6 Å². The van der Waals surface area contributed by atoms with Crippen LogP contribution in [0, 0.1) is 0 Å². The van der Waals surface area contributed by atoms with Crippen molar-refractivity contribution in [2.24, 2.45) is 0 Å². The molecule has 1 aliphatic rings. The number of carbonyl (C=O) groups is 2. The van der Waals surface area contributed by atoms with Gasteiger partial charge < -0.3 is 10.6 Å². The van der Waals surface area contributed by atoms with Crippen LogP contribution in [0.15, 0.2) is 30.3 Å². The quantitative estimate of drug-likeness (QED) is 0.773. The molecule has 1 fully saturated rings. The smallest absolute Gasteiger partial charge is 0.234 e. The van der Waals surface area contributed by atoms with E-state index in [1.165, 1.54) is 5.56 Å². The summed E-state index contributed by atoms with van der Waals surface area (Å²) >= 11 is 0. The van der Waals surface area contributed by atoms with Gasteiger partial charge in [0.2, 0.25) is 11.8 Å². The number of amides is 2. The molecule has 0 unspecified atom stereocenters. The van der Waals surface area contributed by atoms with Gasteiger partial charge in [-0.05, 0) is 26.3 Å². The lowest BCUT2D eigenvalue weighted by Gasteiger charge is -2.45. The average Bonchev–Trinajstić information content (AvgIpc) is 2.58. The van der Waals surface area contributed by atoms with Crippen molar-refractivity contribution in [3.8, 4) is 0 Å². The monoisotopic (exact) mass is 346 g/mol. The highest BCUT2D eigenvalue weighted by atomic mass is 16.2. The molecule has 1 aromatic rings. The number of benzene rings is 1. The van der Waals surface area contributed by atoms with Crippen molar-refractivity contribution in [1.29, 1.82) is 0 Å². The second kappa shape index (κ2) is 9.53. The van der Waals surface area contributed by atoms with Gasteiger partial charge in [-0.15, -0.1) is 0 Å². The molecule has 1 aromatic carbocycles. The Balaban J connectivity index is 2.15. The largest absolute Gasteiger partial charge is 0.355 e. The summed E-state index contributed by atoms with van der Waals surface area (Å²) in [7, 11) is 0. The molecule has 2 amide bonds. The molecule has 0 saturated carbocycles. The van der Waals surface area contributed by atoms with Crippen LogP contribution in [-0.4, -0.2) is 66.9 Å². The van der Waals surface area contributed by atoms with E-state index in [0.717, 1.165) is 13.1 Å². The number of hydrogen-bond donors (Lipinski definition) is 2. The Morgan fingerprint density at radius 2 is 1.60 bits per heavy atom. The zero-order chi connectivity index (χ0) is 18.2. The van der Waals surface area contributed by atoms with E-state index in [9.17, 15) is 9.59 Å². The average molecular weight is 346 g/mol. The van der Waals surface area contributed by atoms with Crippen LogP contribution in [0.3, 0.4) is 0 Å². The second-order valence-corrected chi connectivity index (χ2v) is 6.55. The van der Waals surface area contributed by atoms with Gasteiger partial charge in [-0.2, -0.15) is 0 Å². The highest BCUT2D eigenvalue weighted by Gasteiger charge is 2.34. The lowest BCUT2D eigenvalue weighted by Crippen LogP contribution is -2.57. The van der Waals surface area contributed by atoms with Crippen molar-refractivity contribution in [2.75, 3.05) is 39.3 Å². The Hall–Kier alpha value is -1.92. The molecule has 2 rings (SSSR count). The first-order valence-electron chi connectivity index (χ1n) is 9.11. The lowest BCUT2D eigenvalue weighted by molar-refractivity contribution is -0.127. The lowest BCUT2D eigenvalue weighted by atomic mass is 9.99. The molecule has 0 aliphatic carbocycles. The first-order chi connectivity index (χ1) is 12.0. The molecule has 138 valence electrons. The summed E-state index contributed by atoms with van der Waals surface area (Å²) in [4.78, 5) is 28.5. The minimum atomic E-state index is 0.0486. The number of piperazine rings is 1. The maximum Gasteiger partial charge on any atom is 0.234 e. The summed E-state index contributed by atoms with van der Waals surface area (Å²) in [6, 6.07) is 10.5. The number of likely N-dealkylation sites (N-methyl/N-ethyl adjacent to an activating group) is 2. The summed E-state index contributed by atoms with van der Waals surface area (Å²) < 4.78 is 0. The molecule has 0 aromatic heterocycles. The van der Waals surface area contributed by atoms with Crippen molar-refractivity contribution in [3.05, 3.63) is 35.9 Å². The summed E-state index contributed by atoms with van der Waals surface area (Å²) in [5.74, 6) is 0.103. The van der Waals surface area contributed by atoms with Crippen molar-refractivity contribution in [3.63, 3.8) is 0 Å². The van der Waals surface area contributed by atoms with E-state index in [1.54, 1.807) is 0 Å². The van der Waals surface area contributed by atoms with Crippen LogP contribution in [0.25, 0.3) is 0 Å². The first-order valence-corrected chi connectivity index (χ1v) is 9.11. The third-order valence-corrected chi connectivity index (χ3v) is 4.55. The van der Waals surface area contributed by atoms with Gasteiger partial charge in [-0.1, -0.05) is 30.3 Å². The Bertz CT molecular complexity index is 564. The maximum atomic E-state index is 12.1. The topological polar surface area (TPSA) is 64.7 Å². The van der Waals surface area contributed by atoms with Gasteiger partial charge in [0.25, 0.3) is 0 Å². The summed E-state index contributed by atoms with van der Waals surface area (Å²) in [6.07, 6.45) is 0. The predicted octanol–water partition coefficient (Wildman–Crippen LogP) is 1.01. The maximum absolute atomic E-state index is 12.1. The van der Waals surface area contributed by atoms with Crippen molar-refractivity contribution in [1.82, 2.24) is 20.4 Å². The van der Waals surface area contributed by atoms with Gasteiger partial charge in [0.15, 0.2) is 0 Å². The van der Waals surface area contributed by atoms with E-state index in [1.807, 2.05) is 32.0 Å². The van der Waals surface area contributed by atoms with Crippen molar-refractivity contribution < 1.29 is 9.59 Å². The van der Waals surface area contributed by atoms with Crippen LogP contribution in [0.4, 0.5) is 0 Å². The number of carbonyl (C=O) groups excluding carboxylic acids is 2. The SMILES string of the molecule is CCNC(=O)CN1C[C@@H](C)N(CC(=O)NCC)[C@@H](c2ccccc2)C1. The van der Waals surface area contributed by atoms with Gasteiger partial charge in [-0.3, -0.25) is 19.4 Å². The molecule has 0 radical (unpaired) electrons. The highest BCUT2D eigenvalue weighted by molar-refractivity contribution is 5.78. The zero-order valence-corrected chi connectivity index (χ0v) is 15.5.